The lowest BCUT2D eigenvalue weighted by atomic mass is 9.99. The molecule has 0 bridgehead atoms. The van der Waals surface area contributed by atoms with E-state index < -0.39 is 0 Å². The van der Waals surface area contributed by atoms with Gasteiger partial charge >= 0.3 is 0 Å². The van der Waals surface area contributed by atoms with Crippen LogP contribution in [0.4, 0.5) is 0 Å². The number of rotatable bonds is 3. The Hall–Kier alpha value is -2.53. The van der Waals surface area contributed by atoms with Crippen LogP contribution < -0.4 is 14.8 Å². The first-order chi connectivity index (χ1) is 12.3. The normalized spacial score (nSPS) is 19.1. The maximum atomic E-state index is 13.2. The summed E-state index contributed by atoms with van der Waals surface area (Å²) in [7, 11) is 0. The summed E-state index contributed by atoms with van der Waals surface area (Å²) in [5.41, 5.74) is 3.03. The van der Waals surface area contributed by atoms with Crippen molar-refractivity contribution in [3.63, 3.8) is 0 Å². The molecule has 1 N–H and O–H groups in total. The maximum Gasteiger partial charge on any atom is 0.258 e. The van der Waals surface area contributed by atoms with Gasteiger partial charge in [-0.25, -0.2) is 0 Å². The van der Waals surface area contributed by atoms with Gasteiger partial charge in [-0.15, -0.1) is 0 Å². The number of aryl methyl sites for hydroxylation is 1. The monoisotopic (exact) mass is 338 g/mol. The highest BCUT2D eigenvalue weighted by molar-refractivity contribution is 5.98. The molecule has 5 nitrogen and oxygen atoms in total. The molecule has 2 aromatic carbocycles. The summed E-state index contributed by atoms with van der Waals surface area (Å²) in [5.74, 6) is 1.20. The first kappa shape index (κ1) is 16.0. The highest BCUT2D eigenvalue weighted by Gasteiger charge is 2.32. The number of ether oxygens (including phenoxy) is 2. The van der Waals surface area contributed by atoms with Gasteiger partial charge in [-0.05, 0) is 29.7 Å². The summed E-state index contributed by atoms with van der Waals surface area (Å²) in [5, 5.41) is 3.40. The number of hydrogen-bond acceptors (Lipinski definition) is 4. The van der Waals surface area contributed by atoms with Crippen molar-refractivity contribution in [2.45, 2.75) is 19.4 Å². The third-order valence-electron chi connectivity index (χ3n) is 4.90. The Morgan fingerprint density at radius 2 is 2.04 bits per heavy atom. The van der Waals surface area contributed by atoms with Crippen molar-refractivity contribution < 1.29 is 14.3 Å². The van der Waals surface area contributed by atoms with Gasteiger partial charge in [0.25, 0.3) is 5.91 Å². The molecule has 130 valence electrons. The summed E-state index contributed by atoms with van der Waals surface area (Å²) in [6, 6.07) is 14.1. The average molecular weight is 338 g/mol. The predicted octanol–water partition coefficient (Wildman–Crippen LogP) is 2.76. The molecule has 2 aliphatic rings. The molecule has 2 aromatic rings. The van der Waals surface area contributed by atoms with E-state index in [2.05, 4.69) is 36.5 Å². The first-order valence-electron chi connectivity index (χ1n) is 8.77. The molecule has 4 rings (SSSR count). The van der Waals surface area contributed by atoms with Crippen LogP contribution in [0.2, 0.25) is 0 Å². The number of carbonyl (C=O) groups is 1. The summed E-state index contributed by atoms with van der Waals surface area (Å²) in [6.07, 6.45) is 1.01. The topological polar surface area (TPSA) is 50.8 Å². The van der Waals surface area contributed by atoms with Crippen LogP contribution in [0.3, 0.4) is 0 Å². The Morgan fingerprint density at radius 3 is 2.84 bits per heavy atom. The number of nitrogens with one attached hydrogen (secondary N) is 1. The lowest BCUT2D eigenvalue weighted by Crippen LogP contribution is -2.48. The van der Waals surface area contributed by atoms with E-state index in [9.17, 15) is 4.79 Å². The first-order valence-corrected chi connectivity index (χ1v) is 8.77. The molecule has 2 aliphatic heterocycles. The lowest BCUT2D eigenvalue weighted by Gasteiger charge is -2.36. The van der Waals surface area contributed by atoms with Gasteiger partial charge in [0, 0.05) is 19.6 Å². The molecular weight excluding hydrogens is 316 g/mol. The third-order valence-corrected chi connectivity index (χ3v) is 4.90. The van der Waals surface area contributed by atoms with Crippen LogP contribution in [0.15, 0.2) is 42.5 Å². The van der Waals surface area contributed by atoms with Crippen LogP contribution in [-0.2, 0) is 6.42 Å². The number of carbonyl (C=O) groups excluding carboxylic acids is 1. The second kappa shape index (κ2) is 6.76. The molecule has 1 fully saturated rings. The fourth-order valence-electron chi connectivity index (χ4n) is 3.47. The van der Waals surface area contributed by atoms with Crippen molar-refractivity contribution in [2.75, 3.05) is 26.4 Å². The highest BCUT2D eigenvalue weighted by atomic mass is 16.7. The zero-order valence-electron chi connectivity index (χ0n) is 14.3. The van der Waals surface area contributed by atoms with E-state index in [1.165, 1.54) is 5.56 Å². The van der Waals surface area contributed by atoms with E-state index in [-0.39, 0.29) is 18.7 Å². The minimum absolute atomic E-state index is 0.00609. The second-order valence-electron chi connectivity index (χ2n) is 6.35. The highest BCUT2D eigenvalue weighted by Crippen LogP contribution is 2.37. The molecule has 1 saturated heterocycles. The summed E-state index contributed by atoms with van der Waals surface area (Å²) in [4.78, 5) is 15.2. The van der Waals surface area contributed by atoms with Gasteiger partial charge in [0.2, 0.25) is 6.79 Å². The molecular formula is C20H22N2O3. The summed E-state index contributed by atoms with van der Waals surface area (Å²) < 4.78 is 10.9. The van der Waals surface area contributed by atoms with Crippen molar-refractivity contribution in [3.05, 3.63) is 59.2 Å². The predicted molar refractivity (Wildman–Crippen MR) is 95.0 cm³/mol. The number of fused-ring (bicyclic) bond motifs is 1. The standard InChI is InChI=1S/C20H22N2O3/c1-2-14-6-8-15(9-7-14)17-12-21-10-11-22(17)20(23)16-4-3-5-18-19(16)25-13-24-18/h3-9,17,21H,2,10-13H2,1H3. The Balaban J connectivity index is 1.64. The van der Waals surface area contributed by atoms with Crippen LogP contribution in [-0.4, -0.2) is 37.2 Å². The minimum atomic E-state index is -0.00609. The largest absolute Gasteiger partial charge is 0.454 e. The number of para-hydroxylation sites is 1. The van der Waals surface area contributed by atoms with E-state index in [1.807, 2.05) is 23.1 Å². The van der Waals surface area contributed by atoms with Gasteiger partial charge in [-0.3, -0.25) is 4.79 Å². The fourth-order valence-corrected chi connectivity index (χ4v) is 3.47. The number of piperazine rings is 1. The van der Waals surface area contributed by atoms with Crippen LogP contribution in [0.1, 0.15) is 34.5 Å². The molecule has 2 heterocycles. The van der Waals surface area contributed by atoms with Crippen LogP contribution in [0.25, 0.3) is 0 Å². The second-order valence-corrected chi connectivity index (χ2v) is 6.35. The zero-order valence-corrected chi connectivity index (χ0v) is 14.3. The Morgan fingerprint density at radius 1 is 1.20 bits per heavy atom. The molecule has 0 saturated carbocycles. The van der Waals surface area contributed by atoms with Crippen molar-refractivity contribution >= 4 is 5.91 Å². The zero-order chi connectivity index (χ0) is 17.2. The third kappa shape index (κ3) is 2.96. The molecule has 1 unspecified atom stereocenters. The average Bonchev–Trinajstić information content (AvgIpc) is 3.16. The molecule has 0 aliphatic carbocycles. The van der Waals surface area contributed by atoms with Crippen molar-refractivity contribution in [3.8, 4) is 11.5 Å². The van der Waals surface area contributed by atoms with Crippen LogP contribution in [0, 0.1) is 0 Å². The van der Waals surface area contributed by atoms with Gasteiger partial charge in [0.15, 0.2) is 11.5 Å². The van der Waals surface area contributed by atoms with E-state index in [0.717, 1.165) is 25.1 Å². The molecule has 0 spiro atoms. The van der Waals surface area contributed by atoms with Crippen molar-refractivity contribution in [2.24, 2.45) is 0 Å². The molecule has 1 amide bonds. The van der Waals surface area contributed by atoms with Crippen molar-refractivity contribution in [1.29, 1.82) is 0 Å². The van der Waals surface area contributed by atoms with Gasteiger partial charge in [0.05, 0.1) is 11.6 Å². The summed E-state index contributed by atoms with van der Waals surface area (Å²) >= 11 is 0. The fraction of sp³-hybridized carbons (Fsp3) is 0.350. The van der Waals surface area contributed by atoms with E-state index in [1.54, 1.807) is 0 Å². The number of amides is 1. The van der Waals surface area contributed by atoms with Crippen LogP contribution >= 0.6 is 0 Å². The molecule has 25 heavy (non-hydrogen) atoms. The van der Waals surface area contributed by atoms with E-state index in [4.69, 9.17) is 9.47 Å². The Kier molecular flexibility index (Phi) is 4.32. The van der Waals surface area contributed by atoms with Gasteiger partial charge in [-0.2, -0.15) is 0 Å². The minimum Gasteiger partial charge on any atom is -0.454 e. The Bertz CT molecular complexity index is 773. The SMILES string of the molecule is CCc1ccc(C2CNCCN2C(=O)c2cccc3c2OCO3)cc1. The Labute approximate surface area is 147 Å². The molecule has 1 atom stereocenters. The number of hydrogen-bond donors (Lipinski definition) is 1. The van der Waals surface area contributed by atoms with Gasteiger partial charge < -0.3 is 19.7 Å². The number of benzene rings is 2. The maximum absolute atomic E-state index is 13.2. The molecule has 0 radical (unpaired) electrons. The smallest absolute Gasteiger partial charge is 0.258 e. The summed E-state index contributed by atoms with van der Waals surface area (Å²) in [6.45, 7) is 4.53. The van der Waals surface area contributed by atoms with E-state index in [0.29, 0.717) is 23.6 Å². The molecule has 5 heteroatoms. The van der Waals surface area contributed by atoms with Crippen molar-refractivity contribution in [1.82, 2.24) is 10.2 Å². The van der Waals surface area contributed by atoms with Gasteiger partial charge in [0.1, 0.15) is 0 Å². The van der Waals surface area contributed by atoms with Gasteiger partial charge in [-0.1, -0.05) is 37.3 Å². The lowest BCUT2D eigenvalue weighted by molar-refractivity contribution is 0.0630. The van der Waals surface area contributed by atoms with Crippen LogP contribution in [0.5, 0.6) is 11.5 Å². The molecule has 0 aromatic heterocycles. The van der Waals surface area contributed by atoms with E-state index >= 15 is 0 Å². The number of nitrogens with zero attached hydrogens (tertiary/aromatic N) is 1. The quantitative estimate of drug-likeness (QED) is 0.935.